The van der Waals surface area contributed by atoms with E-state index in [9.17, 15) is 0 Å². The first-order valence-corrected chi connectivity index (χ1v) is 3.30. The van der Waals surface area contributed by atoms with Gasteiger partial charge in [0.15, 0.2) is 0 Å². The molecule has 0 spiro atoms. The van der Waals surface area contributed by atoms with Crippen LogP contribution in [0.15, 0.2) is 22.7 Å². The van der Waals surface area contributed by atoms with Gasteiger partial charge in [-0.3, -0.25) is 0 Å². The van der Waals surface area contributed by atoms with Crippen molar-refractivity contribution in [1.29, 1.82) is 0 Å². The zero-order chi connectivity index (χ0) is 6.85. The van der Waals surface area contributed by atoms with E-state index in [-0.39, 0.29) is 12.4 Å². The van der Waals surface area contributed by atoms with Crippen LogP contribution in [-0.4, -0.2) is 0 Å². The molecular formula is C6H8BrClN2. The van der Waals surface area contributed by atoms with Gasteiger partial charge < -0.3 is 11.5 Å². The van der Waals surface area contributed by atoms with Gasteiger partial charge in [-0.05, 0) is 18.2 Å². The van der Waals surface area contributed by atoms with Gasteiger partial charge >= 0.3 is 0 Å². The van der Waals surface area contributed by atoms with E-state index in [4.69, 9.17) is 11.5 Å². The van der Waals surface area contributed by atoms with Crippen LogP contribution in [0.3, 0.4) is 0 Å². The second kappa shape index (κ2) is 3.68. The van der Waals surface area contributed by atoms with E-state index in [1.165, 1.54) is 0 Å². The standard InChI is InChI=1S/C6H7BrN2.ClH/c7-4-1-2-5(8)6(9)3-4;/h1-3H,8-9H2;1H. The third-order valence-electron chi connectivity index (χ3n) is 1.05. The Kier molecular flexibility index (Phi) is 3.53. The molecule has 0 amide bonds. The van der Waals surface area contributed by atoms with Crippen molar-refractivity contribution in [2.45, 2.75) is 0 Å². The van der Waals surface area contributed by atoms with Crippen LogP contribution in [0.25, 0.3) is 0 Å². The quantitative estimate of drug-likeness (QED) is 0.661. The van der Waals surface area contributed by atoms with Gasteiger partial charge in [-0.15, -0.1) is 12.4 Å². The third kappa shape index (κ3) is 2.08. The number of hydrogen-bond donors (Lipinski definition) is 2. The summed E-state index contributed by atoms with van der Waals surface area (Å²) in [5.41, 5.74) is 12.1. The summed E-state index contributed by atoms with van der Waals surface area (Å²) >= 11 is 3.26. The Morgan fingerprint density at radius 3 is 2.10 bits per heavy atom. The molecular weight excluding hydrogens is 215 g/mol. The van der Waals surface area contributed by atoms with Gasteiger partial charge in [0.25, 0.3) is 0 Å². The summed E-state index contributed by atoms with van der Waals surface area (Å²) < 4.78 is 0.953. The Morgan fingerprint density at radius 2 is 1.70 bits per heavy atom. The maximum Gasteiger partial charge on any atom is 0.0559 e. The molecule has 0 atom stereocenters. The number of nitrogens with two attached hydrogens (primary N) is 2. The molecule has 0 unspecified atom stereocenters. The minimum Gasteiger partial charge on any atom is -0.397 e. The second-order valence-electron chi connectivity index (χ2n) is 1.77. The molecule has 1 aromatic carbocycles. The molecule has 0 saturated carbocycles. The molecule has 0 bridgehead atoms. The van der Waals surface area contributed by atoms with Crippen LogP contribution < -0.4 is 11.5 Å². The first kappa shape index (κ1) is 9.59. The summed E-state index contributed by atoms with van der Waals surface area (Å²) in [6.45, 7) is 0. The van der Waals surface area contributed by atoms with Gasteiger partial charge in [-0.2, -0.15) is 0 Å². The fraction of sp³-hybridized carbons (Fsp3) is 0. The molecule has 56 valence electrons. The summed E-state index contributed by atoms with van der Waals surface area (Å²) in [6, 6.07) is 5.39. The maximum atomic E-state index is 5.47. The summed E-state index contributed by atoms with van der Waals surface area (Å²) in [7, 11) is 0. The molecule has 2 nitrogen and oxygen atoms in total. The Labute approximate surface area is 74.1 Å². The highest BCUT2D eigenvalue weighted by atomic mass is 79.9. The average molecular weight is 224 g/mol. The molecule has 0 aromatic heterocycles. The Morgan fingerprint density at radius 1 is 1.10 bits per heavy atom. The summed E-state index contributed by atoms with van der Waals surface area (Å²) in [5.74, 6) is 0. The Bertz CT molecular complexity index is 227. The van der Waals surface area contributed by atoms with Crippen molar-refractivity contribution in [2.24, 2.45) is 0 Å². The number of hydrogen-bond acceptors (Lipinski definition) is 2. The normalized spacial score (nSPS) is 8.50. The predicted octanol–water partition coefficient (Wildman–Crippen LogP) is 2.04. The highest BCUT2D eigenvalue weighted by molar-refractivity contribution is 9.10. The highest BCUT2D eigenvalue weighted by Gasteiger charge is 1.91. The largest absolute Gasteiger partial charge is 0.397 e. The zero-order valence-electron chi connectivity index (χ0n) is 5.17. The number of benzene rings is 1. The van der Waals surface area contributed by atoms with Crippen molar-refractivity contribution < 1.29 is 0 Å². The maximum absolute atomic E-state index is 5.47. The van der Waals surface area contributed by atoms with Crippen molar-refractivity contribution in [3.05, 3.63) is 22.7 Å². The van der Waals surface area contributed by atoms with Crippen LogP contribution in [0.5, 0.6) is 0 Å². The van der Waals surface area contributed by atoms with Crippen molar-refractivity contribution in [3.63, 3.8) is 0 Å². The Balaban J connectivity index is 0.000000810. The van der Waals surface area contributed by atoms with E-state index in [0.717, 1.165) is 4.47 Å². The lowest BCUT2D eigenvalue weighted by molar-refractivity contribution is 1.62. The van der Waals surface area contributed by atoms with Crippen molar-refractivity contribution in [1.82, 2.24) is 0 Å². The van der Waals surface area contributed by atoms with Gasteiger partial charge in [0, 0.05) is 4.47 Å². The van der Waals surface area contributed by atoms with Crippen molar-refractivity contribution in [2.75, 3.05) is 11.5 Å². The van der Waals surface area contributed by atoms with E-state index in [2.05, 4.69) is 15.9 Å². The molecule has 0 fully saturated rings. The number of halogens is 2. The first-order valence-electron chi connectivity index (χ1n) is 2.50. The minimum absolute atomic E-state index is 0. The third-order valence-corrected chi connectivity index (χ3v) is 1.54. The molecule has 0 heterocycles. The molecule has 0 radical (unpaired) electrons. The number of nitrogen functional groups attached to an aromatic ring is 2. The molecule has 0 aliphatic carbocycles. The van der Waals surface area contributed by atoms with E-state index in [0.29, 0.717) is 11.4 Å². The van der Waals surface area contributed by atoms with Crippen LogP contribution >= 0.6 is 28.3 Å². The highest BCUT2D eigenvalue weighted by Crippen LogP contribution is 2.19. The molecule has 1 rings (SSSR count). The molecule has 0 saturated heterocycles. The van der Waals surface area contributed by atoms with Gasteiger partial charge in [0.2, 0.25) is 0 Å². The van der Waals surface area contributed by atoms with E-state index in [1.54, 1.807) is 12.1 Å². The molecule has 1 aromatic rings. The van der Waals surface area contributed by atoms with Crippen LogP contribution in [0.4, 0.5) is 11.4 Å². The van der Waals surface area contributed by atoms with E-state index >= 15 is 0 Å². The van der Waals surface area contributed by atoms with Crippen LogP contribution in [0, 0.1) is 0 Å². The lowest BCUT2D eigenvalue weighted by Gasteiger charge is -1.97. The lowest BCUT2D eigenvalue weighted by Crippen LogP contribution is -1.92. The molecule has 10 heavy (non-hydrogen) atoms. The average Bonchev–Trinajstić information content (AvgIpc) is 1.80. The Hall–Kier alpha value is -0.410. The molecule has 4 N–H and O–H groups in total. The lowest BCUT2D eigenvalue weighted by atomic mass is 10.3. The second-order valence-corrected chi connectivity index (χ2v) is 2.69. The van der Waals surface area contributed by atoms with Crippen LogP contribution in [0.2, 0.25) is 0 Å². The SMILES string of the molecule is Cl.Nc1ccc(Br)cc1N. The van der Waals surface area contributed by atoms with E-state index < -0.39 is 0 Å². The number of rotatable bonds is 0. The zero-order valence-corrected chi connectivity index (χ0v) is 7.58. The summed E-state index contributed by atoms with van der Waals surface area (Å²) in [6.07, 6.45) is 0. The fourth-order valence-electron chi connectivity index (χ4n) is 0.546. The van der Waals surface area contributed by atoms with Crippen molar-refractivity contribution in [3.8, 4) is 0 Å². The predicted molar refractivity (Wildman–Crippen MR) is 50.2 cm³/mol. The smallest absolute Gasteiger partial charge is 0.0559 e. The first-order chi connectivity index (χ1) is 4.20. The van der Waals surface area contributed by atoms with Crippen LogP contribution in [-0.2, 0) is 0 Å². The van der Waals surface area contributed by atoms with Gasteiger partial charge in [-0.1, -0.05) is 15.9 Å². The summed E-state index contributed by atoms with van der Waals surface area (Å²) in [4.78, 5) is 0. The topological polar surface area (TPSA) is 52.0 Å². The molecule has 0 aliphatic heterocycles. The monoisotopic (exact) mass is 222 g/mol. The van der Waals surface area contributed by atoms with E-state index in [1.807, 2.05) is 6.07 Å². The molecule has 4 heteroatoms. The summed E-state index contributed by atoms with van der Waals surface area (Å²) in [5, 5.41) is 0. The molecule has 0 aliphatic rings. The van der Waals surface area contributed by atoms with Gasteiger partial charge in [-0.25, -0.2) is 0 Å². The fourth-order valence-corrected chi connectivity index (χ4v) is 0.924. The van der Waals surface area contributed by atoms with Crippen molar-refractivity contribution >= 4 is 39.7 Å². The number of anilines is 2. The van der Waals surface area contributed by atoms with Gasteiger partial charge in [0.05, 0.1) is 11.4 Å². The van der Waals surface area contributed by atoms with Gasteiger partial charge in [0.1, 0.15) is 0 Å². The minimum atomic E-state index is 0. The van der Waals surface area contributed by atoms with Crippen LogP contribution in [0.1, 0.15) is 0 Å².